The smallest absolute Gasteiger partial charge is 0.352 e. The van der Waals surface area contributed by atoms with Crippen molar-refractivity contribution in [1.29, 1.82) is 0 Å². The van der Waals surface area contributed by atoms with E-state index in [2.05, 4.69) is 4.99 Å². The lowest BCUT2D eigenvalue weighted by Crippen LogP contribution is -2.28. The second-order valence-electron chi connectivity index (χ2n) is 4.49. The van der Waals surface area contributed by atoms with E-state index in [0.29, 0.717) is 13.2 Å². The maximum atomic E-state index is 11.8. The van der Waals surface area contributed by atoms with Gasteiger partial charge in [0, 0.05) is 12.0 Å². The van der Waals surface area contributed by atoms with E-state index in [1.165, 1.54) is 0 Å². The molecule has 0 fully saturated rings. The number of aliphatic imine (C=N–C) groups is 1. The van der Waals surface area contributed by atoms with Gasteiger partial charge in [-0.25, -0.2) is 4.79 Å². The van der Waals surface area contributed by atoms with Crippen molar-refractivity contribution in [3.8, 4) is 0 Å². The van der Waals surface area contributed by atoms with E-state index in [-0.39, 0.29) is 17.9 Å². The number of ketones is 1. The molecule has 0 aromatic rings. The molecule has 4 nitrogen and oxygen atoms in total. The lowest BCUT2D eigenvalue weighted by Gasteiger charge is -2.16. The molecular weight excluding hydrogens is 206 g/mol. The Bertz CT molecular complexity index is 287. The Kier molecular flexibility index (Phi) is 5.93. The minimum absolute atomic E-state index is 0.00671. The molecule has 0 aliphatic carbocycles. The molecule has 0 saturated heterocycles. The van der Waals surface area contributed by atoms with Crippen LogP contribution in [0.25, 0.3) is 0 Å². The van der Waals surface area contributed by atoms with Gasteiger partial charge in [0.05, 0.1) is 13.0 Å². The molecule has 92 valence electrons. The van der Waals surface area contributed by atoms with Gasteiger partial charge in [-0.2, -0.15) is 0 Å². The predicted octanol–water partition coefficient (Wildman–Crippen LogP) is 2.02. The fraction of sp³-hybridized carbons (Fsp3) is 0.750. The molecule has 0 aliphatic rings. The van der Waals surface area contributed by atoms with E-state index in [1.54, 1.807) is 6.92 Å². The van der Waals surface area contributed by atoms with Crippen LogP contribution in [0.3, 0.4) is 0 Å². The third-order valence-corrected chi connectivity index (χ3v) is 2.02. The van der Waals surface area contributed by atoms with Gasteiger partial charge in [0.15, 0.2) is 0 Å². The second-order valence-corrected chi connectivity index (χ2v) is 4.49. The molecule has 0 amide bonds. The summed E-state index contributed by atoms with van der Waals surface area (Å²) in [5.74, 6) is -0.491. The van der Waals surface area contributed by atoms with E-state index in [9.17, 15) is 9.59 Å². The van der Waals surface area contributed by atoms with Crippen LogP contribution in [0.5, 0.6) is 0 Å². The molecule has 0 aromatic heterocycles. The molecular formula is C12H21NO3. The molecule has 0 radical (unpaired) electrons. The summed E-state index contributed by atoms with van der Waals surface area (Å²) in [5.41, 5.74) is -0.231. The average Bonchev–Trinajstić information content (AvgIpc) is 2.15. The summed E-state index contributed by atoms with van der Waals surface area (Å²) in [4.78, 5) is 27.3. The first-order chi connectivity index (χ1) is 7.32. The molecule has 0 bridgehead atoms. The first-order valence-corrected chi connectivity index (χ1v) is 5.56. The predicted molar refractivity (Wildman–Crippen MR) is 63.7 cm³/mol. The minimum atomic E-state index is -0.484. The zero-order valence-corrected chi connectivity index (χ0v) is 10.8. The van der Waals surface area contributed by atoms with E-state index in [1.807, 2.05) is 27.7 Å². The standard InChI is InChI=1S/C12H21NO3/c1-6-13-9(11(15)16-7-2)8-10(14)12(3,4)5/h6-8H2,1-5H3. The van der Waals surface area contributed by atoms with Crippen molar-refractivity contribution < 1.29 is 14.3 Å². The van der Waals surface area contributed by atoms with Crippen LogP contribution in [0.2, 0.25) is 0 Å². The number of nitrogens with zero attached hydrogens (tertiary/aromatic N) is 1. The van der Waals surface area contributed by atoms with Crippen molar-refractivity contribution in [2.24, 2.45) is 10.4 Å². The summed E-state index contributed by atoms with van der Waals surface area (Å²) in [5, 5.41) is 0. The second kappa shape index (κ2) is 6.40. The van der Waals surface area contributed by atoms with Gasteiger partial charge in [0.2, 0.25) is 0 Å². The summed E-state index contributed by atoms with van der Waals surface area (Å²) in [6.07, 6.45) is 0.0518. The first kappa shape index (κ1) is 14.8. The molecule has 0 rings (SSSR count). The highest BCUT2D eigenvalue weighted by Crippen LogP contribution is 2.17. The number of Topliss-reactive ketones (excluding diaryl/α,β-unsaturated/α-hetero) is 1. The summed E-state index contributed by atoms with van der Waals surface area (Å²) < 4.78 is 4.85. The molecule has 0 N–H and O–H groups in total. The van der Waals surface area contributed by atoms with E-state index in [0.717, 1.165) is 0 Å². The maximum absolute atomic E-state index is 11.8. The first-order valence-electron chi connectivity index (χ1n) is 5.56. The Balaban J connectivity index is 4.66. The normalized spacial score (nSPS) is 12.4. The van der Waals surface area contributed by atoms with Gasteiger partial charge in [-0.3, -0.25) is 9.79 Å². The largest absolute Gasteiger partial charge is 0.462 e. The van der Waals surface area contributed by atoms with Crippen LogP contribution >= 0.6 is 0 Å². The Morgan fingerprint density at radius 2 is 1.75 bits per heavy atom. The molecule has 0 aromatic carbocycles. The van der Waals surface area contributed by atoms with Crippen molar-refractivity contribution in [1.82, 2.24) is 0 Å². The fourth-order valence-electron chi connectivity index (χ4n) is 1.02. The van der Waals surface area contributed by atoms with E-state index >= 15 is 0 Å². The van der Waals surface area contributed by atoms with Crippen LogP contribution in [0.1, 0.15) is 41.0 Å². The van der Waals surface area contributed by atoms with Crippen LogP contribution in [-0.4, -0.2) is 30.6 Å². The van der Waals surface area contributed by atoms with Crippen LogP contribution in [0.4, 0.5) is 0 Å². The maximum Gasteiger partial charge on any atom is 0.352 e. The molecule has 0 atom stereocenters. The summed E-state index contributed by atoms with van der Waals surface area (Å²) >= 11 is 0. The van der Waals surface area contributed by atoms with Gasteiger partial charge in [-0.1, -0.05) is 20.8 Å². The Morgan fingerprint density at radius 3 is 2.12 bits per heavy atom. The van der Waals surface area contributed by atoms with Crippen LogP contribution in [0, 0.1) is 5.41 Å². The van der Waals surface area contributed by atoms with Crippen molar-refractivity contribution in [3.05, 3.63) is 0 Å². The summed E-state index contributed by atoms with van der Waals surface area (Å²) in [6.45, 7) is 9.79. The highest BCUT2D eigenvalue weighted by atomic mass is 16.5. The third kappa shape index (κ3) is 5.05. The molecule has 0 saturated carbocycles. The number of ether oxygens (including phenoxy) is 1. The Morgan fingerprint density at radius 1 is 1.19 bits per heavy atom. The molecule has 0 heterocycles. The summed E-state index contributed by atoms with van der Waals surface area (Å²) in [7, 11) is 0. The zero-order chi connectivity index (χ0) is 12.8. The van der Waals surface area contributed by atoms with Crippen molar-refractivity contribution in [2.45, 2.75) is 41.0 Å². The highest BCUT2D eigenvalue weighted by molar-refractivity contribution is 6.40. The quantitative estimate of drug-likeness (QED) is 0.533. The van der Waals surface area contributed by atoms with E-state index < -0.39 is 11.4 Å². The van der Waals surface area contributed by atoms with Gasteiger partial charge < -0.3 is 4.74 Å². The van der Waals surface area contributed by atoms with Crippen molar-refractivity contribution in [2.75, 3.05) is 13.2 Å². The SMILES string of the molecule is CCN=C(CC(=O)C(C)(C)C)C(=O)OCC. The zero-order valence-electron chi connectivity index (χ0n) is 10.8. The minimum Gasteiger partial charge on any atom is -0.462 e. The van der Waals surface area contributed by atoms with Crippen LogP contribution in [-0.2, 0) is 14.3 Å². The van der Waals surface area contributed by atoms with Gasteiger partial charge in [0.25, 0.3) is 0 Å². The summed E-state index contributed by atoms with van der Waals surface area (Å²) in [6, 6.07) is 0. The van der Waals surface area contributed by atoms with Gasteiger partial charge in [0.1, 0.15) is 11.5 Å². The number of hydrogen-bond acceptors (Lipinski definition) is 4. The van der Waals surface area contributed by atoms with Crippen molar-refractivity contribution >= 4 is 17.5 Å². The highest BCUT2D eigenvalue weighted by Gasteiger charge is 2.25. The third-order valence-electron chi connectivity index (χ3n) is 2.02. The Hall–Kier alpha value is -1.19. The fourth-order valence-corrected chi connectivity index (χ4v) is 1.02. The Labute approximate surface area is 97.1 Å². The van der Waals surface area contributed by atoms with Crippen LogP contribution in [0.15, 0.2) is 4.99 Å². The number of carbonyl (C=O) groups is 2. The molecule has 0 unspecified atom stereocenters. The van der Waals surface area contributed by atoms with Crippen molar-refractivity contribution in [3.63, 3.8) is 0 Å². The number of carbonyl (C=O) groups excluding carboxylic acids is 2. The number of hydrogen-bond donors (Lipinski definition) is 0. The van der Waals surface area contributed by atoms with Gasteiger partial charge >= 0.3 is 5.97 Å². The molecule has 16 heavy (non-hydrogen) atoms. The van der Waals surface area contributed by atoms with Gasteiger partial charge in [-0.05, 0) is 13.8 Å². The van der Waals surface area contributed by atoms with Crippen LogP contribution < -0.4 is 0 Å². The topological polar surface area (TPSA) is 55.7 Å². The number of rotatable bonds is 5. The molecule has 0 spiro atoms. The lowest BCUT2D eigenvalue weighted by molar-refractivity contribution is -0.136. The monoisotopic (exact) mass is 227 g/mol. The van der Waals surface area contributed by atoms with E-state index in [4.69, 9.17) is 4.74 Å². The lowest BCUT2D eigenvalue weighted by atomic mass is 9.88. The molecule has 4 heteroatoms. The number of esters is 1. The average molecular weight is 227 g/mol. The van der Waals surface area contributed by atoms with Gasteiger partial charge in [-0.15, -0.1) is 0 Å². The molecule has 0 aliphatic heterocycles.